The summed E-state index contributed by atoms with van der Waals surface area (Å²) < 4.78 is 1.45. The molecule has 1 N–H and O–H groups in total. The maximum Gasteiger partial charge on any atom is 0.329 e. The highest BCUT2D eigenvalue weighted by atomic mass is 16.2. The lowest BCUT2D eigenvalue weighted by Crippen LogP contribution is -2.38. The van der Waals surface area contributed by atoms with E-state index in [9.17, 15) is 9.59 Å². The maximum atomic E-state index is 12.6. The fourth-order valence-corrected chi connectivity index (χ4v) is 3.20. The molecule has 20 heavy (non-hydrogen) atoms. The van der Waals surface area contributed by atoms with Crippen LogP contribution in [0.2, 0.25) is 0 Å². The standard InChI is InChI=1S/C16H20N2O2/c19-15-13-10-6-7-11-14(13)17-16(20)18(15)12-8-4-2-1-3-5-9-12/h6-7,10-12H,1-5,8-9H2,(H,17,20). The highest BCUT2D eigenvalue weighted by Crippen LogP contribution is 2.24. The Morgan fingerprint density at radius 3 is 2.35 bits per heavy atom. The minimum absolute atomic E-state index is 0.0520. The molecular formula is C16H20N2O2. The number of aromatic nitrogens is 2. The number of fused-ring (bicyclic) bond motifs is 1. The van der Waals surface area contributed by atoms with Crippen molar-refractivity contribution >= 4 is 10.9 Å². The van der Waals surface area contributed by atoms with Crippen LogP contribution in [0.4, 0.5) is 0 Å². The average Bonchev–Trinajstić information content (AvgIpc) is 2.40. The third-order valence-electron chi connectivity index (χ3n) is 4.28. The second-order valence-corrected chi connectivity index (χ2v) is 5.65. The molecule has 106 valence electrons. The van der Waals surface area contributed by atoms with Crippen LogP contribution in [0.25, 0.3) is 10.9 Å². The first-order valence-electron chi connectivity index (χ1n) is 7.51. The van der Waals surface area contributed by atoms with Crippen LogP contribution in [0.1, 0.15) is 51.0 Å². The van der Waals surface area contributed by atoms with E-state index in [0.29, 0.717) is 10.9 Å². The van der Waals surface area contributed by atoms with E-state index in [-0.39, 0.29) is 17.3 Å². The largest absolute Gasteiger partial charge is 0.329 e. The van der Waals surface area contributed by atoms with Crippen molar-refractivity contribution in [2.75, 3.05) is 0 Å². The molecule has 1 aliphatic rings. The molecule has 1 fully saturated rings. The van der Waals surface area contributed by atoms with Gasteiger partial charge in [-0.3, -0.25) is 9.36 Å². The minimum Gasteiger partial charge on any atom is -0.307 e. The Bertz CT molecular complexity index is 706. The zero-order chi connectivity index (χ0) is 13.9. The topological polar surface area (TPSA) is 54.9 Å². The number of hydrogen-bond acceptors (Lipinski definition) is 2. The fraction of sp³-hybridized carbons (Fsp3) is 0.500. The van der Waals surface area contributed by atoms with Crippen LogP contribution in [0, 0.1) is 0 Å². The first kappa shape index (κ1) is 13.2. The van der Waals surface area contributed by atoms with Gasteiger partial charge in [0, 0.05) is 6.04 Å². The Labute approximate surface area is 117 Å². The molecule has 1 aliphatic carbocycles. The molecule has 4 heteroatoms. The van der Waals surface area contributed by atoms with Gasteiger partial charge in [0.05, 0.1) is 10.9 Å². The van der Waals surface area contributed by atoms with E-state index in [4.69, 9.17) is 0 Å². The Balaban J connectivity index is 2.10. The maximum absolute atomic E-state index is 12.6. The molecule has 1 aromatic carbocycles. The van der Waals surface area contributed by atoms with Crippen molar-refractivity contribution in [3.05, 3.63) is 45.1 Å². The van der Waals surface area contributed by atoms with Crippen LogP contribution in [-0.2, 0) is 0 Å². The molecule has 1 heterocycles. The predicted molar refractivity (Wildman–Crippen MR) is 80.2 cm³/mol. The summed E-state index contributed by atoms with van der Waals surface area (Å²) in [6.07, 6.45) is 7.75. The third kappa shape index (κ3) is 2.42. The van der Waals surface area contributed by atoms with Gasteiger partial charge in [-0.25, -0.2) is 4.79 Å². The number of rotatable bonds is 1. The minimum atomic E-state index is -0.265. The summed E-state index contributed by atoms with van der Waals surface area (Å²) in [7, 11) is 0. The Morgan fingerprint density at radius 2 is 1.60 bits per heavy atom. The molecule has 3 rings (SSSR count). The number of nitrogens with zero attached hydrogens (tertiary/aromatic N) is 1. The molecule has 0 spiro atoms. The normalized spacial score (nSPS) is 17.8. The van der Waals surface area contributed by atoms with Crippen molar-refractivity contribution in [2.24, 2.45) is 0 Å². The number of hydrogen-bond donors (Lipinski definition) is 1. The first-order valence-corrected chi connectivity index (χ1v) is 7.51. The van der Waals surface area contributed by atoms with Gasteiger partial charge in [-0.1, -0.05) is 44.2 Å². The lowest BCUT2D eigenvalue weighted by atomic mass is 9.96. The summed E-state index contributed by atoms with van der Waals surface area (Å²) in [5, 5.41) is 0.606. The van der Waals surface area contributed by atoms with Crippen LogP contribution in [0.3, 0.4) is 0 Å². The molecule has 2 aromatic rings. The SMILES string of the molecule is O=c1[nH]c2ccccc2c(=O)n1C1CCCCCCC1. The predicted octanol–water partition coefficient (Wildman–Crippen LogP) is 2.98. The lowest BCUT2D eigenvalue weighted by molar-refractivity contribution is 0.356. The molecule has 1 aromatic heterocycles. The molecule has 0 saturated heterocycles. The number of benzene rings is 1. The van der Waals surface area contributed by atoms with E-state index in [1.54, 1.807) is 12.1 Å². The molecule has 4 nitrogen and oxygen atoms in total. The monoisotopic (exact) mass is 272 g/mol. The second kappa shape index (κ2) is 5.65. The highest BCUT2D eigenvalue weighted by Gasteiger charge is 2.18. The zero-order valence-electron chi connectivity index (χ0n) is 11.6. The van der Waals surface area contributed by atoms with Crippen molar-refractivity contribution < 1.29 is 0 Å². The van der Waals surface area contributed by atoms with Gasteiger partial charge in [0.1, 0.15) is 0 Å². The first-order chi connectivity index (χ1) is 9.77. The van der Waals surface area contributed by atoms with Crippen LogP contribution in [0.15, 0.2) is 33.9 Å². The van der Waals surface area contributed by atoms with E-state index in [2.05, 4.69) is 4.98 Å². The van der Waals surface area contributed by atoms with E-state index in [0.717, 1.165) is 25.7 Å². The van der Waals surface area contributed by atoms with Crippen LogP contribution in [0.5, 0.6) is 0 Å². The van der Waals surface area contributed by atoms with Crippen LogP contribution >= 0.6 is 0 Å². The van der Waals surface area contributed by atoms with Gasteiger partial charge < -0.3 is 4.98 Å². The van der Waals surface area contributed by atoms with Crippen molar-refractivity contribution in [1.29, 1.82) is 0 Å². The number of para-hydroxylation sites is 1. The van der Waals surface area contributed by atoms with Gasteiger partial charge in [0.25, 0.3) is 5.56 Å². The number of H-pyrrole nitrogens is 1. The molecule has 1 saturated carbocycles. The Morgan fingerprint density at radius 1 is 0.950 bits per heavy atom. The van der Waals surface area contributed by atoms with E-state index < -0.39 is 0 Å². The average molecular weight is 272 g/mol. The summed E-state index contributed by atoms with van der Waals surface area (Å²) in [5.41, 5.74) is 0.221. The summed E-state index contributed by atoms with van der Waals surface area (Å²) in [5.74, 6) is 0. The van der Waals surface area contributed by atoms with Gasteiger partial charge in [0.2, 0.25) is 0 Å². The van der Waals surface area contributed by atoms with Gasteiger partial charge in [-0.2, -0.15) is 0 Å². The molecular weight excluding hydrogens is 252 g/mol. The van der Waals surface area contributed by atoms with E-state index >= 15 is 0 Å². The molecule has 0 amide bonds. The van der Waals surface area contributed by atoms with Gasteiger partial charge >= 0.3 is 5.69 Å². The van der Waals surface area contributed by atoms with Crippen LogP contribution in [-0.4, -0.2) is 9.55 Å². The van der Waals surface area contributed by atoms with Gasteiger partial charge in [-0.15, -0.1) is 0 Å². The molecule has 0 bridgehead atoms. The summed E-state index contributed by atoms with van der Waals surface area (Å²) in [6, 6.07) is 7.28. The molecule has 0 unspecified atom stereocenters. The van der Waals surface area contributed by atoms with Crippen LogP contribution < -0.4 is 11.2 Å². The lowest BCUT2D eigenvalue weighted by Gasteiger charge is -2.21. The number of nitrogens with one attached hydrogen (secondary N) is 1. The van der Waals surface area contributed by atoms with Crippen molar-refractivity contribution in [2.45, 2.75) is 51.0 Å². The van der Waals surface area contributed by atoms with Crippen molar-refractivity contribution in [3.63, 3.8) is 0 Å². The highest BCUT2D eigenvalue weighted by molar-refractivity contribution is 5.76. The summed E-state index contributed by atoms with van der Waals surface area (Å²) >= 11 is 0. The molecule has 0 atom stereocenters. The quantitative estimate of drug-likeness (QED) is 0.867. The van der Waals surface area contributed by atoms with E-state index in [1.807, 2.05) is 12.1 Å². The Kier molecular flexibility index (Phi) is 3.72. The smallest absolute Gasteiger partial charge is 0.307 e. The third-order valence-corrected chi connectivity index (χ3v) is 4.28. The fourth-order valence-electron chi connectivity index (χ4n) is 3.20. The molecule has 0 aliphatic heterocycles. The van der Waals surface area contributed by atoms with Crippen molar-refractivity contribution in [3.8, 4) is 0 Å². The number of aromatic amines is 1. The molecule has 0 radical (unpaired) electrons. The van der Waals surface area contributed by atoms with Crippen molar-refractivity contribution in [1.82, 2.24) is 9.55 Å². The van der Waals surface area contributed by atoms with Gasteiger partial charge in [-0.05, 0) is 25.0 Å². The van der Waals surface area contributed by atoms with Gasteiger partial charge in [0.15, 0.2) is 0 Å². The zero-order valence-corrected chi connectivity index (χ0v) is 11.6. The summed E-state index contributed by atoms with van der Waals surface area (Å²) in [4.78, 5) is 27.7. The summed E-state index contributed by atoms with van der Waals surface area (Å²) in [6.45, 7) is 0. The Hall–Kier alpha value is -1.84. The van der Waals surface area contributed by atoms with E-state index in [1.165, 1.54) is 23.8 Å². The second-order valence-electron chi connectivity index (χ2n) is 5.65.